The van der Waals surface area contributed by atoms with E-state index in [2.05, 4.69) is 53.2 Å². The summed E-state index contributed by atoms with van der Waals surface area (Å²) < 4.78 is 9.81. The van der Waals surface area contributed by atoms with Crippen molar-refractivity contribution in [3.8, 4) is 22.9 Å². The van der Waals surface area contributed by atoms with Crippen molar-refractivity contribution in [1.29, 1.82) is 0 Å². The van der Waals surface area contributed by atoms with Crippen LogP contribution in [-0.4, -0.2) is 59.1 Å². The summed E-state index contributed by atoms with van der Waals surface area (Å²) in [6, 6.07) is 10.3. The van der Waals surface area contributed by atoms with Crippen LogP contribution in [0.4, 0.5) is 17.2 Å². The molecule has 4 aliphatic heterocycles. The lowest BCUT2D eigenvalue weighted by Gasteiger charge is -2.35. The van der Waals surface area contributed by atoms with Crippen molar-refractivity contribution < 1.29 is 9.21 Å². The number of nitrogens with one attached hydrogen (secondary N) is 2. The van der Waals surface area contributed by atoms with E-state index < -0.39 is 0 Å². The minimum atomic E-state index is 0.0494. The molecule has 3 fully saturated rings. The van der Waals surface area contributed by atoms with Gasteiger partial charge in [-0.25, -0.2) is 4.98 Å². The number of piperidine rings is 2. The average molecular weight is 532 g/mol. The molecule has 10 heteroatoms. The van der Waals surface area contributed by atoms with Crippen LogP contribution in [0.3, 0.4) is 0 Å². The summed E-state index contributed by atoms with van der Waals surface area (Å²) in [5.41, 5.74) is 3.93. The zero-order chi connectivity index (χ0) is 25.5. The Bertz CT molecular complexity index is 1320. The maximum Gasteiger partial charge on any atom is 0.250 e. The largest absolute Gasteiger partial charge is 0.416 e. The van der Waals surface area contributed by atoms with Gasteiger partial charge in [-0.05, 0) is 86.7 Å². The summed E-state index contributed by atoms with van der Waals surface area (Å²) in [6.45, 7) is 4.19. The summed E-state index contributed by atoms with van der Waals surface area (Å²) in [5.74, 6) is 2.58. The monoisotopic (exact) mass is 531 g/mol. The maximum atomic E-state index is 13.1. The van der Waals surface area contributed by atoms with Crippen molar-refractivity contribution in [3.05, 3.63) is 36.5 Å². The fourth-order valence-electron chi connectivity index (χ4n) is 5.76. The van der Waals surface area contributed by atoms with Crippen molar-refractivity contribution in [2.24, 2.45) is 11.8 Å². The molecule has 8 rings (SSSR count). The third-order valence-corrected chi connectivity index (χ3v) is 9.29. The van der Waals surface area contributed by atoms with Gasteiger partial charge in [-0.3, -0.25) is 4.79 Å². The van der Waals surface area contributed by atoms with Gasteiger partial charge in [-0.1, -0.05) is 0 Å². The molecule has 2 aromatic heterocycles. The predicted molar refractivity (Wildman–Crippen MR) is 150 cm³/mol. The summed E-state index contributed by atoms with van der Waals surface area (Å²) in [4.78, 5) is 22.4. The fourth-order valence-corrected chi connectivity index (χ4v) is 6.56. The number of carbonyl (C=O) groups is 1. The van der Waals surface area contributed by atoms with Crippen molar-refractivity contribution in [1.82, 2.24) is 20.5 Å². The number of rotatable bonds is 3. The minimum Gasteiger partial charge on any atom is -0.416 e. The predicted octanol–water partition coefficient (Wildman–Crippen LogP) is 4.58. The second-order valence-electron chi connectivity index (χ2n) is 10.9. The molecule has 6 heterocycles. The van der Waals surface area contributed by atoms with Crippen molar-refractivity contribution >= 4 is 35.0 Å². The summed E-state index contributed by atoms with van der Waals surface area (Å²) in [6.07, 6.45) is 8.24. The van der Waals surface area contributed by atoms with Crippen molar-refractivity contribution in [3.63, 3.8) is 0 Å². The Balaban J connectivity index is 1.26. The number of hydrogen-bond acceptors (Lipinski definition) is 9. The number of carbonyl (C=O) groups excluding carboxylic acids is 1. The smallest absolute Gasteiger partial charge is 0.250 e. The van der Waals surface area contributed by atoms with Gasteiger partial charge in [0.25, 0.3) is 0 Å². The Morgan fingerprint density at radius 2 is 1.84 bits per heavy atom. The lowest BCUT2D eigenvalue weighted by atomic mass is 9.93. The quantitative estimate of drug-likeness (QED) is 0.470. The van der Waals surface area contributed by atoms with E-state index in [1.807, 2.05) is 18.3 Å². The molecule has 3 aromatic rings. The molecule has 2 N–H and O–H groups in total. The summed E-state index contributed by atoms with van der Waals surface area (Å²) >= 11 is 1.80. The Hall–Kier alpha value is -3.27. The number of anilines is 3. The Morgan fingerprint density at radius 3 is 2.71 bits per heavy atom. The molecule has 8 bridgehead atoms. The van der Waals surface area contributed by atoms with E-state index in [4.69, 9.17) is 4.42 Å². The molecule has 38 heavy (non-hydrogen) atoms. The van der Waals surface area contributed by atoms with Gasteiger partial charge in [-0.15, -0.1) is 10.2 Å². The van der Waals surface area contributed by atoms with Crippen LogP contribution in [-0.2, 0) is 4.79 Å². The van der Waals surface area contributed by atoms with Gasteiger partial charge in [0.15, 0.2) is 0 Å². The molecular weight excluding hydrogens is 498 g/mol. The standard InChI is InChI=1S/C28H33N7O2S/c36-26-19-8-12-34(13-9-19)24-15-21(33-38-22-4-5-22)3-6-23(24)28-32-31-27(37-28)20-7-10-29-25(14-20)35-11-1-2-18(17-35)16-30-26/h3,6-7,10,14-15,18-19,22,33H,1-2,4-5,8-9,11-13,16-17H2,(H,30,36). The third-order valence-electron chi connectivity index (χ3n) is 8.13. The highest BCUT2D eigenvalue weighted by Crippen LogP contribution is 2.39. The van der Waals surface area contributed by atoms with Gasteiger partial charge in [0.2, 0.25) is 17.7 Å². The van der Waals surface area contributed by atoms with Gasteiger partial charge in [0.1, 0.15) is 5.82 Å². The first-order valence-electron chi connectivity index (χ1n) is 13.8. The number of nitrogens with zero attached hydrogens (tertiary/aromatic N) is 5. The Labute approximate surface area is 226 Å². The normalized spacial score (nSPS) is 23.3. The van der Waals surface area contributed by atoms with Crippen LogP contribution in [0.2, 0.25) is 0 Å². The van der Waals surface area contributed by atoms with E-state index in [1.165, 1.54) is 12.8 Å². The van der Waals surface area contributed by atoms with Crippen LogP contribution >= 0.6 is 11.9 Å². The molecule has 1 aliphatic carbocycles. The molecule has 0 spiro atoms. The lowest BCUT2D eigenvalue weighted by Crippen LogP contribution is -2.44. The molecule has 198 valence electrons. The van der Waals surface area contributed by atoms with Crippen LogP contribution in [0, 0.1) is 11.8 Å². The van der Waals surface area contributed by atoms with Crippen molar-refractivity contribution in [2.75, 3.05) is 47.2 Å². The number of hydrogen-bond donors (Lipinski definition) is 2. The molecule has 5 aliphatic rings. The number of amides is 1. The van der Waals surface area contributed by atoms with Crippen molar-refractivity contribution in [2.45, 2.75) is 43.8 Å². The third kappa shape index (κ3) is 4.93. The molecule has 1 unspecified atom stereocenters. The fraction of sp³-hybridized carbons (Fsp3) is 0.500. The van der Waals surface area contributed by atoms with E-state index in [0.29, 0.717) is 22.9 Å². The van der Waals surface area contributed by atoms with E-state index in [9.17, 15) is 4.79 Å². The molecule has 1 saturated carbocycles. The highest BCUT2D eigenvalue weighted by atomic mass is 32.2. The molecule has 1 amide bonds. The molecular formula is C28H33N7O2S. The average Bonchev–Trinajstić information content (AvgIpc) is 3.68. The Morgan fingerprint density at radius 1 is 0.974 bits per heavy atom. The maximum absolute atomic E-state index is 13.1. The van der Waals surface area contributed by atoms with Gasteiger partial charge in [0, 0.05) is 61.3 Å². The number of pyridine rings is 1. The highest BCUT2D eigenvalue weighted by molar-refractivity contribution is 8.01. The summed E-state index contributed by atoms with van der Waals surface area (Å²) in [5, 5.41) is 12.9. The van der Waals surface area contributed by atoms with E-state index in [1.54, 1.807) is 11.9 Å². The molecule has 1 atom stereocenters. The number of fused-ring (bicyclic) bond motifs is 4. The van der Waals surface area contributed by atoms with Gasteiger partial charge < -0.3 is 24.3 Å². The number of aromatic nitrogens is 3. The van der Waals surface area contributed by atoms with Gasteiger partial charge in [-0.2, -0.15) is 0 Å². The first kappa shape index (κ1) is 23.8. The minimum absolute atomic E-state index is 0.0494. The molecule has 1 aromatic carbocycles. The van der Waals surface area contributed by atoms with Gasteiger partial charge in [0.05, 0.1) is 11.3 Å². The van der Waals surface area contributed by atoms with E-state index in [-0.39, 0.29) is 11.8 Å². The second kappa shape index (κ2) is 10.1. The Kier molecular flexibility index (Phi) is 6.35. The first-order valence-corrected chi connectivity index (χ1v) is 14.7. The van der Waals surface area contributed by atoms with E-state index >= 15 is 0 Å². The van der Waals surface area contributed by atoms with Crippen LogP contribution in [0.5, 0.6) is 0 Å². The molecule has 9 nitrogen and oxygen atoms in total. The molecule has 2 saturated heterocycles. The molecule has 0 radical (unpaired) electrons. The topological polar surface area (TPSA) is 99.4 Å². The first-order chi connectivity index (χ1) is 18.7. The zero-order valence-corrected chi connectivity index (χ0v) is 22.3. The SMILES string of the molecule is O=C1NCC2CCCN(C2)c2cc(ccn2)-c2nnc(o2)-c2ccc(NSC3CC3)cc2N2CCC1CC2. The zero-order valence-electron chi connectivity index (χ0n) is 21.4. The number of benzene rings is 1. The van der Waals surface area contributed by atoms with Crippen LogP contribution in [0.15, 0.2) is 40.9 Å². The van der Waals surface area contributed by atoms with E-state index in [0.717, 1.165) is 86.7 Å². The van der Waals surface area contributed by atoms with Crippen LogP contribution < -0.4 is 19.8 Å². The van der Waals surface area contributed by atoms with Crippen LogP contribution in [0.1, 0.15) is 38.5 Å². The lowest BCUT2D eigenvalue weighted by molar-refractivity contribution is -0.125. The summed E-state index contributed by atoms with van der Waals surface area (Å²) in [7, 11) is 0. The highest BCUT2D eigenvalue weighted by Gasteiger charge is 2.29. The van der Waals surface area contributed by atoms with Crippen LogP contribution in [0.25, 0.3) is 22.9 Å². The van der Waals surface area contributed by atoms with Gasteiger partial charge >= 0.3 is 0 Å². The second-order valence-corrected chi connectivity index (χ2v) is 12.0.